The van der Waals surface area contributed by atoms with E-state index in [0.29, 0.717) is 48.8 Å². The van der Waals surface area contributed by atoms with Crippen LogP contribution in [0.3, 0.4) is 0 Å². The minimum atomic E-state index is -4.45. The standard InChI is InChI=1S/C22H23F3N2O4/c1-30-18-12-16(13-19(14-18)31-2)21(29)27-8-6-26(7-9-27)20(28)11-15-4-3-5-17(10-15)22(23,24)25/h3-5,10,12-14H,6-9,11H2,1-2H3. The van der Waals surface area contributed by atoms with Crippen molar-refractivity contribution in [3.63, 3.8) is 0 Å². The summed E-state index contributed by atoms with van der Waals surface area (Å²) in [5.74, 6) is 0.520. The van der Waals surface area contributed by atoms with Crippen LogP contribution in [0.4, 0.5) is 13.2 Å². The summed E-state index contributed by atoms with van der Waals surface area (Å²) in [6.07, 6.45) is -4.57. The number of alkyl halides is 3. The number of ether oxygens (including phenoxy) is 2. The van der Waals surface area contributed by atoms with Gasteiger partial charge in [0.1, 0.15) is 11.5 Å². The Bertz CT molecular complexity index is 932. The molecule has 2 aromatic carbocycles. The summed E-state index contributed by atoms with van der Waals surface area (Å²) in [5.41, 5.74) is -0.0521. The number of rotatable bonds is 5. The summed E-state index contributed by atoms with van der Waals surface area (Å²) in [6.45, 7) is 1.27. The van der Waals surface area contributed by atoms with Crippen LogP contribution in [0.5, 0.6) is 11.5 Å². The van der Waals surface area contributed by atoms with Gasteiger partial charge in [0.2, 0.25) is 5.91 Å². The third-order valence-electron chi connectivity index (χ3n) is 5.13. The Morgan fingerprint density at radius 2 is 1.48 bits per heavy atom. The van der Waals surface area contributed by atoms with E-state index in [2.05, 4.69) is 0 Å². The van der Waals surface area contributed by atoms with E-state index < -0.39 is 11.7 Å². The molecule has 1 heterocycles. The third-order valence-corrected chi connectivity index (χ3v) is 5.13. The number of methoxy groups -OCH3 is 2. The molecule has 1 aliphatic heterocycles. The van der Waals surface area contributed by atoms with Gasteiger partial charge in [0.05, 0.1) is 26.2 Å². The minimum Gasteiger partial charge on any atom is -0.497 e. The van der Waals surface area contributed by atoms with E-state index in [1.54, 1.807) is 28.0 Å². The lowest BCUT2D eigenvalue weighted by Gasteiger charge is -2.35. The predicted octanol–water partition coefficient (Wildman–Crippen LogP) is 3.25. The lowest BCUT2D eigenvalue weighted by atomic mass is 10.1. The number of carbonyl (C=O) groups is 2. The van der Waals surface area contributed by atoms with Crippen molar-refractivity contribution in [2.75, 3.05) is 40.4 Å². The molecule has 166 valence electrons. The minimum absolute atomic E-state index is 0.120. The number of benzene rings is 2. The van der Waals surface area contributed by atoms with Crippen LogP contribution >= 0.6 is 0 Å². The molecular formula is C22H23F3N2O4. The summed E-state index contributed by atoms with van der Waals surface area (Å²) in [5, 5.41) is 0. The molecule has 2 aromatic rings. The molecule has 31 heavy (non-hydrogen) atoms. The van der Waals surface area contributed by atoms with Crippen molar-refractivity contribution in [3.05, 3.63) is 59.2 Å². The normalized spacial score (nSPS) is 14.4. The molecule has 0 spiro atoms. The SMILES string of the molecule is COc1cc(OC)cc(C(=O)N2CCN(C(=O)Cc3cccc(C(F)(F)F)c3)CC2)c1. The Kier molecular flexibility index (Phi) is 6.72. The third kappa shape index (κ3) is 5.48. The van der Waals surface area contributed by atoms with E-state index in [4.69, 9.17) is 9.47 Å². The number of carbonyl (C=O) groups excluding carboxylic acids is 2. The molecule has 1 fully saturated rings. The molecule has 0 radical (unpaired) electrons. The lowest BCUT2D eigenvalue weighted by molar-refractivity contribution is -0.138. The molecule has 9 heteroatoms. The van der Waals surface area contributed by atoms with Crippen molar-refractivity contribution in [2.45, 2.75) is 12.6 Å². The zero-order valence-corrected chi connectivity index (χ0v) is 17.2. The quantitative estimate of drug-likeness (QED) is 0.722. The number of amides is 2. The van der Waals surface area contributed by atoms with Gasteiger partial charge in [0.15, 0.2) is 0 Å². The second-order valence-electron chi connectivity index (χ2n) is 7.15. The van der Waals surface area contributed by atoms with Crippen LogP contribution in [0, 0.1) is 0 Å². The maximum atomic E-state index is 12.9. The fraction of sp³-hybridized carbons (Fsp3) is 0.364. The van der Waals surface area contributed by atoms with E-state index in [1.807, 2.05) is 0 Å². The van der Waals surface area contributed by atoms with Gasteiger partial charge in [-0.15, -0.1) is 0 Å². The van der Waals surface area contributed by atoms with Crippen LogP contribution in [0.25, 0.3) is 0 Å². The molecule has 0 N–H and O–H groups in total. The number of hydrogen-bond acceptors (Lipinski definition) is 4. The van der Waals surface area contributed by atoms with E-state index in [1.165, 1.54) is 26.4 Å². The zero-order valence-electron chi connectivity index (χ0n) is 17.2. The topological polar surface area (TPSA) is 59.1 Å². The summed E-state index contributed by atoms with van der Waals surface area (Å²) in [7, 11) is 3.00. The molecule has 0 aliphatic carbocycles. The summed E-state index contributed by atoms with van der Waals surface area (Å²) in [6, 6.07) is 9.68. The van der Waals surface area contributed by atoms with Crippen LogP contribution in [0.15, 0.2) is 42.5 Å². The van der Waals surface area contributed by atoms with Gasteiger partial charge in [-0.2, -0.15) is 13.2 Å². The second-order valence-corrected chi connectivity index (χ2v) is 7.15. The average Bonchev–Trinajstić information content (AvgIpc) is 2.77. The number of nitrogens with zero attached hydrogens (tertiary/aromatic N) is 2. The van der Waals surface area contributed by atoms with Crippen molar-refractivity contribution < 1.29 is 32.2 Å². The molecular weight excluding hydrogens is 413 g/mol. The first-order valence-electron chi connectivity index (χ1n) is 9.67. The van der Waals surface area contributed by atoms with E-state index in [0.717, 1.165) is 12.1 Å². The van der Waals surface area contributed by atoms with Crippen LogP contribution in [-0.4, -0.2) is 62.0 Å². The van der Waals surface area contributed by atoms with Crippen LogP contribution < -0.4 is 9.47 Å². The van der Waals surface area contributed by atoms with Gasteiger partial charge in [-0.3, -0.25) is 9.59 Å². The van der Waals surface area contributed by atoms with Gasteiger partial charge >= 0.3 is 6.18 Å². The average molecular weight is 436 g/mol. The summed E-state index contributed by atoms with van der Waals surface area (Å²) < 4.78 is 49.0. The predicted molar refractivity (Wildman–Crippen MR) is 107 cm³/mol. The summed E-state index contributed by atoms with van der Waals surface area (Å²) in [4.78, 5) is 28.6. The van der Waals surface area contributed by atoms with E-state index in [-0.39, 0.29) is 18.2 Å². The molecule has 2 amide bonds. The van der Waals surface area contributed by atoms with Crippen molar-refractivity contribution in [1.29, 1.82) is 0 Å². The van der Waals surface area contributed by atoms with Gasteiger partial charge in [0.25, 0.3) is 5.91 Å². The van der Waals surface area contributed by atoms with Gasteiger partial charge in [-0.25, -0.2) is 0 Å². The molecule has 1 saturated heterocycles. The van der Waals surface area contributed by atoms with Crippen LogP contribution in [0.2, 0.25) is 0 Å². The van der Waals surface area contributed by atoms with Crippen molar-refractivity contribution in [1.82, 2.24) is 9.80 Å². The summed E-state index contributed by atoms with van der Waals surface area (Å²) >= 11 is 0. The highest BCUT2D eigenvalue weighted by molar-refractivity contribution is 5.95. The molecule has 6 nitrogen and oxygen atoms in total. The Morgan fingerprint density at radius 1 is 0.903 bits per heavy atom. The van der Waals surface area contributed by atoms with Crippen LogP contribution in [-0.2, 0) is 17.4 Å². The second kappa shape index (κ2) is 9.28. The fourth-order valence-electron chi connectivity index (χ4n) is 3.42. The van der Waals surface area contributed by atoms with E-state index >= 15 is 0 Å². The molecule has 0 unspecified atom stereocenters. The zero-order chi connectivity index (χ0) is 22.6. The number of hydrogen-bond donors (Lipinski definition) is 0. The highest BCUT2D eigenvalue weighted by Crippen LogP contribution is 2.29. The van der Waals surface area contributed by atoms with Crippen molar-refractivity contribution in [2.24, 2.45) is 0 Å². The molecule has 0 saturated carbocycles. The first-order valence-corrected chi connectivity index (χ1v) is 9.67. The largest absolute Gasteiger partial charge is 0.497 e. The fourth-order valence-corrected chi connectivity index (χ4v) is 3.42. The van der Waals surface area contributed by atoms with Gasteiger partial charge in [-0.05, 0) is 23.8 Å². The maximum absolute atomic E-state index is 12.9. The van der Waals surface area contributed by atoms with Crippen molar-refractivity contribution >= 4 is 11.8 Å². The lowest BCUT2D eigenvalue weighted by Crippen LogP contribution is -2.51. The molecule has 0 aromatic heterocycles. The smallest absolute Gasteiger partial charge is 0.416 e. The highest BCUT2D eigenvalue weighted by atomic mass is 19.4. The van der Waals surface area contributed by atoms with E-state index in [9.17, 15) is 22.8 Å². The number of piperazine rings is 1. The van der Waals surface area contributed by atoms with Gasteiger partial charge in [0, 0.05) is 37.8 Å². The van der Waals surface area contributed by atoms with Crippen molar-refractivity contribution in [3.8, 4) is 11.5 Å². The monoisotopic (exact) mass is 436 g/mol. The first kappa shape index (κ1) is 22.5. The molecule has 1 aliphatic rings. The maximum Gasteiger partial charge on any atom is 0.416 e. The first-order chi connectivity index (χ1) is 14.7. The van der Waals surface area contributed by atoms with Gasteiger partial charge in [-0.1, -0.05) is 18.2 Å². The molecule has 3 rings (SSSR count). The molecule has 0 atom stereocenters. The molecule has 0 bridgehead atoms. The highest BCUT2D eigenvalue weighted by Gasteiger charge is 2.31. The Morgan fingerprint density at radius 3 is 2.03 bits per heavy atom. The number of halogens is 3. The van der Waals surface area contributed by atoms with Crippen LogP contribution in [0.1, 0.15) is 21.5 Å². The Hall–Kier alpha value is -3.23. The Balaban J connectivity index is 1.60. The van der Waals surface area contributed by atoms with Gasteiger partial charge < -0.3 is 19.3 Å². The Labute approximate surface area is 178 Å².